The summed E-state index contributed by atoms with van der Waals surface area (Å²) in [5.41, 5.74) is 0. The molecular weight excluding hydrogens is 253 g/mol. The minimum Gasteiger partial charge on any atom is -0.294 e. The third-order valence-electron chi connectivity index (χ3n) is 1.70. The van der Waals surface area contributed by atoms with Crippen molar-refractivity contribution in [3.05, 3.63) is 22.5 Å². The normalized spacial score (nSPS) is 13.9. The molecule has 0 fully saturated rings. The highest BCUT2D eigenvalue weighted by molar-refractivity contribution is 7.13. The number of rotatable bonds is 2. The van der Waals surface area contributed by atoms with Crippen LogP contribution in [0.25, 0.3) is 12.2 Å². The van der Waals surface area contributed by atoms with Crippen LogP contribution in [-0.2, 0) is 4.79 Å². The van der Waals surface area contributed by atoms with Gasteiger partial charge >= 0.3 is 12.1 Å². The van der Waals surface area contributed by atoms with Crippen LogP contribution in [0.2, 0.25) is 0 Å². The molecule has 0 aliphatic carbocycles. The monoisotopic (exact) mass is 262 g/mol. The van der Waals surface area contributed by atoms with E-state index in [2.05, 4.69) is 11.6 Å². The summed E-state index contributed by atoms with van der Waals surface area (Å²) in [5.74, 6) is -2.03. The summed E-state index contributed by atoms with van der Waals surface area (Å²) in [5, 5.41) is 2.09. The molecule has 1 N–H and O–H groups in total. The summed E-state index contributed by atoms with van der Waals surface area (Å²) in [4.78, 5) is 14.5. The smallest absolute Gasteiger partial charge is 0.294 e. The Morgan fingerprint density at radius 2 is 2.18 bits per heavy atom. The topological polar surface area (TPSA) is 42.0 Å². The molecule has 0 unspecified atom stereocenters. The first-order valence-corrected chi connectivity index (χ1v) is 5.34. The molecule has 0 aliphatic heterocycles. The van der Waals surface area contributed by atoms with Gasteiger partial charge in [-0.1, -0.05) is 30.1 Å². The third-order valence-corrected chi connectivity index (χ3v) is 2.75. The number of alkyl halides is 3. The van der Waals surface area contributed by atoms with Gasteiger partial charge in [0.25, 0.3) is 0 Å². The molecule has 1 amide bonds. The SMILES string of the molecule is C=C/C=c1/nc(NC(=O)C(F)(F)F)s/c1=C/C. The fourth-order valence-electron chi connectivity index (χ4n) is 1.00. The zero-order valence-corrected chi connectivity index (χ0v) is 9.65. The van der Waals surface area contributed by atoms with E-state index in [0.29, 0.717) is 9.88 Å². The lowest BCUT2D eigenvalue weighted by Gasteiger charge is -2.03. The summed E-state index contributed by atoms with van der Waals surface area (Å²) >= 11 is 0.966. The molecule has 0 bridgehead atoms. The molecule has 0 saturated carbocycles. The molecular formula is C10H9F3N2OS. The number of thiazole rings is 1. The predicted molar refractivity (Wildman–Crippen MR) is 60.8 cm³/mol. The number of nitrogens with one attached hydrogen (secondary N) is 1. The lowest BCUT2D eigenvalue weighted by molar-refractivity contribution is -0.167. The molecule has 0 saturated heterocycles. The fourth-order valence-corrected chi connectivity index (χ4v) is 1.84. The largest absolute Gasteiger partial charge is 0.471 e. The second-order valence-corrected chi connectivity index (χ2v) is 3.94. The van der Waals surface area contributed by atoms with Crippen molar-refractivity contribution in [3.63, 3.8) is 0 Å². The van der Waals surface area contributed by atoms with Gasteiger partial charge in [-0.2, -0.15) is 13.2 Å². The van der Waals surface area contributed by atoms with E-state index in [1.165, 1.54) is 6.08 Å². The van der Waals surface area contributed by atoms with Gasteiger partial charge in [0.1, 0.15) is 0 Å². The Bertz CT molecular complexity index is 545. The molecule has 0 atom stereocenters. The highest BCUT2D eigenvalue weighted by Crippen LogP contribution is 2.17. The standard InChI is InChI=1S/C10H9F3N2OS/c1-3-5-6-7(4-2)17-9(14-6)15-8(16)10(11,12)13/h3-5H,1H2,2H3,(H,14,15,16)/b6-5+,7-4+. The maximum absolute atomic E-state index is 12.0. The summed E-state index contributed by atoms with van der Waals surface area (Å²) in [7, 11) is 0. The van der Waals surface area contributed by atoms with Crippen LogP contribution >= 0.6 is 11.3 Å². The number of carbonyl (C=O) groups excluding carboxylic acids is 1. The number of carbonyl (C=O) groups is 1. The molecule has 1 aromatic rings. The van der Waals surface area contributed by atoms with Crippen LogP contribution < -0.4 is 15.2 Å². The number of allylic oxidation sites excluding steroid dienone is 1. The quantitative estimate of drug-likeness (QED) is 0.875. The van der Waals surface area contributed by atoms with E-state index in [9.17, 15) is 18.0 Å². The van der Waals surface area contributed by atoms with Crippen molar-refractivity contribution in [2.45, 2.75) is 13.1 Å². The molecule has 0 spiro atoms. The second kappa shape index (κ2) is 5.13. The molecule has 0 aromatic carbocycles. The molecule has 1 aromatic heterocycles. The highest BCUT2D eigenvalue weighted by atomic mass is 32.1. The van der Waals surface area contributed by atoms with Gasteiger partial charge in [-0.05, 0) is 13.0 Å². The summed E-state index contributed by atoms with van der Waals surface area (Å²) in [6.45, 7) is 5.19. The van der Waals surface area contributed by atoms with E-state index in [4.69, 9.17) is 0 Å². The predicted octanol–water partition coefficient (Wildman–Crippen LogP) is 1.41. The molecule has 17 heavy (non-hydrogen) atoms. The van der Waals surface area contributed by atoms with Crippen molar-refractivity contribution in [2.75, 3.05) is 5.32 Å². The van der Waals surface area contributed by atoms with E-state index in [0.717, 1.165) is 11.3 Å². The van der Waals surface area contributed by atoms with Crippen LogP contribution in [0.3, 0.4) is 0 Å². The van der Waals surface area contributed by atoms with Crippen LogP contribution in [0.1, 0.15) is 6.92 Å². The molecule has 0 aliphatic rings. The summed E-state index contributed by atoms with van der Waals surface area (Å²) in [6.07, 6.45) is -0.202. The van der Waals surface area contributed by atoms with Gasteiger partial charge < -0.3 is 0 Å². The van der Waals surface area contributed by atoms with Gasteiger partial charge in [0.05, 0.1) is 9.88 Å². The Balaban J connectivity index is 3.08. The average molecular weight is 262 g/mol. The maximum atomic E-state index is 12.0. The van der Waals surface area contributed by atoms with Crippen LogP contribution in [-0.4, -0.2) is 17.1 Å². The van der Waals surface area contributed by atoms with E-state index in [-0.39, 0.29) is 5.13 Å². The van der Waals surface area contributed by atoms with Crippen molar-refractivity contribution in [2.24, 2.45) is 0 Å². The Morgan fingerprint density at radius 3 is 2.65 bits per heavy atom. The van der Waals surface area contributed by atoms with Crippen LogP contribution in [0, 0.1) is 0 Å². The fraction of sp³-hybridized carbons (Fsp3) is 0.200. The third kappa shape index (κ3) is 3.42. The Hall–Kier alpha value is -1.63. The van der Waals surface area contributed by atoms with E-state index in [1.54, 1.807) is 24.4 Å². The minimum atomic E-state index is -4.91. The summed E-state index contributed by atoms with van der Waals surface area (Å²) < 4.78 is 36.7. The van der Waals surface area contributed by atoms with Gasteiger partial charge in [-0.15, -0.1) is 0 Å². The van der Waals surface area contributed by atoms with Gasteiger partial charge in [0, 0.05) is 0 Å². The Morgan fingerprint density at radius 1 is 1.53 bits per heavy atom. The number of aromatic nitrogens is 1. The number of hydrogen-bond acceptors (Lipinski definition) is 3. The molecule has 92 valence electrons. The van der Waals surface area contributed by atoms with Crippen LogP contribution in [0.4, 0.5) is 18.3 Å². The van der Waals surface area contributed by atoms with Gasteiger partial charge in [-0.3, -0.25) is 10.1 Å². The number of anilines is 1. The maximum Gasteiger partial charge on any atom is 0.471 e. The molecule has 0 radical (unpaired) electrons. The zero-order chi connectivity index (χ0) is 13.1. The van der Waals surface area contributed by atoms with Crippen LogP contribution in [0.15, 0.2) is 12.7 Å². The first kappa shape index (κ1) is 13.4. The van der Waals surface area contributed by atoms with Crippen molar-refractivity contribution in [1.82, 2.24) is 4.98 Å². The zero-order valence-electron chi connectivity index (χ0n) is 8.84. The Kier molecular flexibility index (Phi) is 4.06. The van der Waals surface area contributed by atoms with Gasteiger partial charge in [0.15, 0.2) is 5.13 Å². The molecule has 7 heteroatoms. The van der Waals surface area contributed by atoms with Gasteiger partial charge in [-0.25, -0.2) is 4.98 Å². The molecule has 1 rings (SSSR count). The highest BCUT2D eigenvalue weighted by Gasteiger charge is 2.39. The second-order valence-electron chi connectivity index (χ2n) is 2.91. The molecule has 1 heterocycles. The lowest BCUT2D eigenvalue weighted by Crippen LogP contribution is -2.30. The first-order chi connectivity index (χ1) is 7.88. The average Bonchev–Trinajstić information content (AvgIpc) is 2.59. The van der Waals surface area contributed by atoms with E-state index in [1.807, 2.05) is 0 Å². The number of nitrogens with zero attached hydrogens (tertiary/aromatic N) is 1. The van der Waals surface area contributed by atoms with Crippen LogP contribution in [0.5, 0.6) is 0 Å². The van der Waals surface area contributed by atoms with E-state index >= 15 is 0 Å². The van der Waals surface area contributed by atoms with Crippen molar-refractivity contribution in [3.8, 4) is 0 Å². The summed E-state index contributed by atoms with van der Waals surface area (Å²) in [6, 6.07) is 0. The first-order valence-electron chi connectivity index (χ1n) is 4.52. The van der Waals surface area contributed by atoms with Gasteiger partial charge in [0.2, 0.25) is 0 Å². The van der Waals surface area contributed by atoms with Crippen molar-refractivity contribution >= 4 is 34.5 Å². The Labute approximate surface area is 99.0 Å². The molecule has 3 nitrogen and oxygen atoms in total. The minimum absolute atomic E-state index is 0.0893. The number of hydrogen-bond donors (Lipinski definition) is 1. The van der Waals surface area contributed by atoms with Crippen molar-refractivity contribution < 1.29 is 18.0 Å². The number of halogens is 3. The van der Waals surface area contributed by atoms with E-state index < -0.39 is 12.1 Å². The number of amides is 1. The lowest BCUT2D eigenvalue weighted by atomic mass is 10.5. The van der Waals surface area contributed by atoms with Crippen molar-refractivity contribution in [1.29, 1.82) is 0 Å².